The molecule has 10 heteroatoms. The third kappa shape index (κ3) is 5.67. The first-order valence-corrected chi connectivity index (χ1v) is 14.1. The van der Waals surface area contributed by atoms with Gasteiger partial charge in [0, 0.05) is 46.9 Å². The van der Waals surface area contributed by atoms with Crippen LogP contribution in [-0.4, -0.2) is 26.4 Å². The summed E-state index contributed by atoms with van der Waals surface area (Å²) in [5.74, 6) is 1.16. The van der Waals surface area contributed by atoms with Crippen LogP contribution in [0.2, 0.25) is 0 Å². The second-order valence-electron chi connectivity index (χ2n) is 10.5. The smallest absolute Gasteiger partial charge is 0.509 e. The van der Waals surface area contributed by atoms with Crippen molar-refractivity contribution in [3.05, 3.63) is 126 Å². The van der Waals surface area contributed by atoms with E-state index < -0.39 is 19.2 Å². The van der Waals surface area contributed by atoms with Gasteiger partial charge in [0.2, 0.25) is 0 Å². The Labute approximate surface area is 277 Å². The van der Waals surface area contributed by atoms with Crippen molar-refractivity contribution < 1.29 is 43.7 Å². The van der Waals surface area contributed by atoms with E-state index in [0.717, 1.165) is 21.9 Å². The fraction of sp³-hybridized carbons (Fsp3) is 0.111. The van der Waals surface area contributed by atoms with Gasteiger partial charge in [-0.25, -0.2) is 18.2 Å². The number of alkyl halides is 2. The van der Waals surface area contributed by atoms with Crippen LogP contribution in [0.15, 0.2) is 91.4 Å². The third-order valence-corrected chi connectivity index (χ3v) is 7.61. The molecule has 46 heavy (non-hydrogen) atoms. The zero-order valence-corrected chi connectivity index (χ0v) is 26.9. The average molecular weight is 798 g/mol. The van der Waals surface area contributed by atoms with E-state index in [-0.39, 0.29) is 32.5 Å². The minimum atomic E-state index is -0.757. The van der Waals surface area contributed by atoms with E-state index in [1.165, 1.54) is 23.0 Å². The molecule has 3 heterocycles. The molecule has 6 nitrogen and oxygen atoms in total. The average Bonchev–Trinajstić information content (AvgIpc) is 3.67. The summed E-state index contributed by atoms with van der Waals surface area (Å²) in [4.78, 5) is 4.57. The first-order valence-electron chi connectivity index (χ1n) is 14.1. The zero-order valence-electron chi connectivity index (χ0n) is 24.6. The number of pyridine rings is 1. The molecular formula is C36H25F3N4O2Pt. The summed E-state index contributed by atoms with van der Waals surface area (Å²) in [6.07, 6.45) is 4.76. The van der Waals surface area contributed by atoms with E-state index in [0.29, 0.717) is 45.1 Å². The first-order chi connectivity index (χ1) is 21.9. The Morgan fingerprint density at radius 1 is 0.870 bits per heavy atom. The van der Waals surface area contributed by atoms with Crippen LogP contribution in [0.3, 0.4) is 0 Å². The van der Waals surface area contributed by atoms with Gasteiger partial charge in [-0.2, -0.15) is 11.2 Å². The van der Waals surface area contributed by atoms with Crippen LogP contribution in [0.5, 0.6) is 17.2 Å². The van der Waals surface area contributed by atoms with Crippen LogP contribution in [0.4, 0.5) is 13.2 Å². The molecule has 0 fully saturated rings. The number of benzene rings is 4. The number of methoxy groups -OCH3 is 1. The molecule has 0 saturated carbocycles. The molecule has 0 N–H and O–H groups in total. The zero-order chi connectivity index (χ0) is 31.1. The third-order valence-electron chi connectivity index (χ3n) is 7.61. The molecular weight excluding hydrogens is 772 g/mol. The standard InChI is InChI=1S/C36H25F3N4O2.Pt/c1-22-11-23(18-37)36(24(12-22)19-38)25-20-41-42(21-25)27-13-26(39)14-30(15-27)45-29-7-8-32-31-5-3-4-6-33(31)43(34(32)16-29)35-17-28(44-2)9-10-40-35;/h3-14,17,20-21H,18-19H2,1-2H3;/q-2;+2. The Morgan fingerprint density at radius 3 is 2.41 bits per heavy atom. The topological polar surface area (TPSA) is 54.1 Å². The number of fused-ring (bicyclic) bond motifs is 3. The SMILES string of the molecule is COc1ccnc(-n2c3[c-]c(Oc4[c-]c(-n5cc(-c6c(CF)cc(C)cc6CF)cn5)cc(F)c4)ccc3c3ccccc32)c1.[Pt+2]. The van der Waals surface area contributed by atoms with Crippen LogP contribution in [0.25, 0.3) is 44.4 Å². The summed E-state index contributed by atoms with van der Waals surface area (Å²) in [6.45, 7) is 0.277. The van der Waals surface area contributed by atoms with Gasteiger partial charge in [0.05, 0.1) is 13.3 Å². The van der Waals surface area contributed by atoms with Gasteiger partial charge in [-0.3, -0.25) is 4.68 Å². The molecule has 0 saturated heterocycles. The van der Waals surface area contributed by atoms with E-state index in [4.69, 9.17) is 9.47 Å². The van der Waals surface area contributed by atoms with E-state index >= 15 is 0 Å². The largest absolute Gasteiger partial charge is 2.00 e. The summed E-state index contributed by atoms with van der Waals surface area (Å²) >= 11 is 0. The minimum absolute atomic E-state index is 0. The Kier molecular flexibility index (Phi) is 8.69. The molecule has 0 spiro atoms. The van der Waals surface area contributed by atoms with Crippen molar-refractivity contribution in [2.24, 2.45) is 0 Å². The van der Waals surface area contributed by atoms with Crippen LogP contribution in [-0.2, 0) is 34.4 Å². The van der Waals surface area contributed by atoms with E-state index in [9.17, 15) is 13.2 Å². The summed E-state index contributed by atoms with van der Waals surface area (Å²) in [7, 11) is 1.60. The molecule has 232 valence electrons. The second-order valence-corrected chi connectivity index (χ2v) is 10.5. The van der Waals surface area contributed by atoms with Gasteiger partial charge in [-0.1, -0.05) is 47.5 Å². The van der Waals surface area contributed by atoms with Crippen LogP contribution < -0.4 is 9.47 Å². The normalized spacial score (nSPS) is 11.2. The van der Waals surface area contributed by atoms with Gasteiger partial charge >= 0.3 is 21.1 Å². The molecule has 0 atom stereocenters. The summed E-state index contributed by atoms with van der Waals surface area (Å²) in [5.41, 5.74) is 4.33. The number of aromatic nitrogens is 4. The van der Waals surface area contributed by atoms with Crippen molar-refractivity contribution in [3.8, 4) is 39.9 Å². The number of rotatable bonds is 8. The van der Waals surface area contributed by atoms with E-state index in [1.807, 2.05) is 41.0 Å². The van der Waals surface area contributed by atoms with Crippen molar-refractivity contribution in [2.45, 2.75) is 20.3 Å². The molecule has 3 aromatic heterocycles. The first kappa shape index (κ1) is 31.1. The fourth-order valence-electron chi connectivity index (χ4n) is 5.72. The minimum Gasteiger partial charge on any atom is -0.509 e. The molecule has 0 radical (unpaired) electrons. The molecule has 7 aromatic rings. The van der Waals surface area contributed by atoms with Crippen molar-refractivity contribution >= 4 is 21.8 Å². The molecule has 0 aliphatic carbocycles. The summed E-state index contributed by atoms with van der Waals surface area (Å²) in [5, 5.41) is 6.29. The molecule has 4 aromatic carbocycles. The second kappa shape index (κ2) is 12.9. The summed E-state index contributed by atoms with van der Waals surface area (Å²) in [6, 6.07) is 27.5. The predicted molar refractivity (Wildman–Crippen MR) is 166 cm³/mol. The van der Waals surface area contributed by atoms with Crippen molar-refractivity contribution in [1.29, 1.82) is 0 Å². The fourth-order valence-corrected chi connectivity index (χ4v) is 5.72. The Hall–Kier alpha value is -4.88. The molecule has 7 rings (SSSR count). The van der Waals surface area contributed by atoms with Gasteiger partial charge in [-0.05, 0) is 46.8 Å². The van der Waals surface area contributed by atoms with E-state index in [1.54, 1.807) is 50.7 Å². The number of halogens is 3. The van der Waals surface area contributed by atoms with Crippen molar-refractivity contribution in [2.75, 3.05) is 7.11 Å². The van der Waals surface area contributed by atoms with Crippen LogP contribution in [0.1, 0.15) is 16.7 Å². The maximum absolute atomic E-state index is 14.9. The van der Waals surface area contributed by atoms with Gasteiger partial charge in [-0.15, -0.1) is 29.7 Å². The number of ether oxygens (including phenoxy) is 2. The van der Waals surface area contributed by atoms with Gasteiger partial charge in [0.15, 0.2) is 0 Å². The van der Waals surface area contributed by atoms with Gasteiger partial charge in [0.1, 0.15) is 24.9 Å². The molecule has 0 amide bonds. The van der Waals surface area contributed by atoms with E-state index in [2.05, 4.69) is 22.2 Å². The molecule has 0 unspecified atom stereocenters. The quantitative estimate of drug-likeness (QED) is 0.144. The molecule has 0 bridgehead atoms. The Balaban J connectivity index is 0.00000372. The van der Waals surface area contributed by atoms with Crippen LogP contribution in [0, 0.1) is 24.9 Å². The van der Waals surface area contributed by atoms with Gasteiger partial charge in [0.25, 0.3) is 0 Å². The van der Waals surface area contributed by atoms with Crippen molar-refractivity contribution in [3.63, 3.8) is 0 Å². The number of hydrogen-bond donors (Lipinski definition) is 0. The number of hydrogen-bond acceptors (Lipinski definition) is 4. The molecule has 0 aliphatic heterocycles. The Morgan fingerprint density at radius 2 is 1.65 bits per heavy atom. The monoisotopic (exact) mass is 797 g/mol. The number of aryl methyl sites for hydroxylation is 1. The summed E-state index contributed by atoms with van der Waals surface area (Å²) < 4.78 is 57.6. The maximum atomic E-state index is 14.9. The number of para-hydroxylation sites is 1. The Bertz CT molecular complexity index is 2190. The van der Waals surface area contributed by atoms with Gasteiger partial charge < -0.3 is 14.0 Å². The number of nitrogens with zero attached hydrogens (tertiary/aromatic N) is 4. The van der Waals surface area contributed by atoms with Crippen molar-refractivity contribution in [1.82, 2.24) is 19.3 Å². The molecule has 0 aliphatic rings. The maximum Gasteiger partial charge on any atom is 2.00 e. The predicted octanol–water partition coefficient (Wildman–Crippen LogP) is 8.82. The van der Waals surface area contributed by atoms with Crippen LogP contribution >= 0.6 is 0 Å².